The predicted molar refractivity (Wildman–Crippen MR) is 87.2 cm³/mol. The first kappa shape index (κ1) is 16.5. The summed E-state index contributed by atoms with van der Waals surface area (Å²) in [5.41, 5.74) is 0. The summed E-state index contributed by atoms with van der Waals surface area (Å²) in [6.45, 7) is 7.62. The van der Waals surface area contributed by atoms with E-state index in [9.17, 15) is 4.79 Å². The van der Waals surface area contributed by atoms with Gasteiger partial charge in [-0.05, 0) is 45.0 Å². The molecule has 3 heterocycles. The summed E-state index contributed by atoms with van der Waals surface area (Å²) in [5.74, 6) is 2.14. The van der Waals surface area contributed by atoms with E-state index in [1.165, 1.54) is 0 Å². The minimum absolute atomic E-state index is 0.0817. The van der Waals surface area contributed by atoms with Crippen LogP contribution >= 0.6 is 0 Å². The Bertz CT molecular complexity index is 505. The second kappa shape index (κ2) is 7.95. The number of carbonyl (C=O) groups excluding carboxylic acids is 1. The van der Waals surface area contributed by atoms with E-state index in [-0.39, 0.29) is 17.9 Å². The van der Waals surface area contributed by atoms with E-state index in [4.69, 9.17) is 9.15 Å². The van der Waals surface area contributed by atoms with E-state index < -0.39 is 0 Å². The van der Waals surface area contributed by atoms with Crippen molar-refractivity contribution in [2.45, 2.75) is 25.8 Å². The molecular formula is C17H27N3O3. The number of hydrogen-bond acceptors (Lipinski definition) is 5. The summed E-state index contributed by atoms with van der Waals surface area (Å²) in [6.07, 6.45) is 1.85. The molecular weight excluding hydrogens is 294 g/mol. The highest BCUT2D eigenvalue weighted by atomic mass is 16.5. The molecule has 2 aliphatic heterocycles. The molecule has 6 heteroatoms. The van der Waals surface area contributed by atoms with Crippen LogP contribution in [0.4, 0.5) is 0 Å². The maximum atomic E-state index is 12.4. The second-order valence-electron chi connectivity index (χ2n) is 6.38. The molecule has 2 N–H and O–H groups in total. The van der Waals surface area contributed by atoms with Crippen LogP contribution in [-0.4, -0.2) is 56.7 Å². The van der Waals surface area contributed by atoms with E-state index in [2.05, 4.69) is 15.5 Å². The molecule has 3 rings (SSSR count). The second-order valence-corrected chi connectivity index (χ2v) is 6.38. The average Bonchev–Trinajstić information content (AvgIpc) is 3.03. The summed E-state index contributed by atoms with van der Waals surface area (Å²) < 4.78 is 11.3. The number of amides is 1. The molecule has 1 aromatic heterocycles. The van der Waals surface area contributed by atoms with E-state index in [0.29, 0.717) is 6.54 Å². The Labute approximate surface area is 137 Å². The summed E-state index contributed by atoms with van der Waals surface area (Å²) in [7, 11) is 0. The number of furan rings is 1. The Morgan fingerprint density at radius 3 is 2.74 bits per heavy atom. The van der Waals surface area contributed by atoms with Crippen molar-refractivity contribution in [3.8, 4) is 0 Å². The van der Waals surface area contributed by atoms with Crippen LogP contribution in [0, 0.1) is 12.8 Å². The third-order valence-electron chi connectivity index (χ3n) is 4.76. The van der Waals surface area contributed by atoms with Crippen LogP contribution in [0.2, 0.25) is 0 Å². The lowest BCUT2D eigenvalue weighted by atomic mass is 9.97. The highest BCUT2D eigenvalue weighted by molar-refractivity contribution is 5.78. The molecule has 0 bridgehead atoms. The fourth-order valence-corrected chi connectivity index (χ4v) is 3.36. The van der Waals surface area contributed by atoms with Crippen LogP contribution in [0.25, 0.3) is 0 Å². The fourth-order valence-electron chi connectivity index (χ4n) is 3.36. The zero-order valence-electron chi connectivity index (χ0n) is 13.8. The van der Waals surface area contributed by atoms with E-state index >= 15 is 0 Å². The Morgan fingerprint density at radius 1 is 1.35 bits per heavy atom. The summed E-state index contributed by atoms with van der Waals surface area (Å²) in [4.78, 5) is 14.7. The number of nitrogens with one attached hydrogen (secondary N) is 2. The van der Waals surface area contributed by atoms with Gasteiger partial charge in [0, 0.05) is 25.6 Å². The third kappa shape index (κ3) is 4.34. The molecule has 1 unspecified atom stereocenters. The summed E-state index contributed by atoms with van der Waals surface area (Å²) in [5, 5.41) is 6.45. The van der Waals surface area contributed by atoms with Crippen LogP contribution in [0.1, 0.15) is 30.4 Å². The quantitative estimate of drug-likeness (QED) is 0.849. The highest BCUT2D eigenvalue weighted by Crippen LogP contribution is 2.23. The van der Waals surface area contributed by atoms with Gasteiger partial charge in [-0.25, -0.2) is 0 Å². The molecule has 1 amide bonds. The largest absolute Gasteiger partial charge is 0.465 e. The molecule has 2 aliphatic rings. The molecule has 2 fully saturated rings. The van der Waals surface area contributed by atoms with Crippen molar-refractivity contribution >= 4 is 5.91 Å². The van der Waals surface area contributed by atoms with Crippen LogP contribution in [0.15, 0.2) is 16.5 Å². The van der Waals surface area contributed by atoms with Crippen LogP contribution in [0.5, 0.6) is 0 Å². The van der Waals surface area contributed by atoms with Gasteiger partial charge in [-0.1, -0.05) is 0 Å². The number of carbonyl (C=O) groups is 1. The van der Waals surface area contributed by atoms with Gasteiger partial charge in [0.2, 0.25) is 5.91 Å². The zero-order valence-corrected chi connectivity index (χ0v) is 13.8. The number of hydrogen-bond donors (Lipinski definition) is 2. The Balaban J connectivity index is 1.62. The zero-order chi connectivity index (χ0) is 16.1. The Morgan fingerprint density at radius 2 is 2.09 bits per heavy atom. The van der Waals surface area contributed by atoms with Crippen LogP contribution < -0.4 is 10.6 Å². The number of morpholine rings is 1. The van der Waals surface area contributed by atoms with E-state index in [1.807, 2.05) is 19.1 Å². The number of piperidine rings is 1. The van der Waals surface area contributed by atoms with Crippen molar-refractivity contribution in [1.82, 2.24) is 15.5 Å². The van der Waals surface area contributed by atoms with Gasteiger partial charge in [0.15, 0.2) is 0 Å². The van der Waals surface area contributed by atoms with Crippen molar-refractivity contribution < 1.29 is 13.9 Å². The summed E-state index contributed by atoms with van der Waals surface area (Å²) in [6, 6.07) is 4.09. The molecule has 0 aromatic carbocycles. The predicted octanol–water partition coefficient (Wildman–Crippen LogP) is 1.08. The maximum absolute atomic E-state index is 12.4. The first-order valence-electron chi connectivity index (χ1n) is 8.60. The standard InChI is InChI=1S/C17H27N3O3/c1-13-2-3-16(23-13)15(20-8-10-22-11-9-20)12-19-17(21)14-4-6-18-7-5-14/h2-3,14-15,18H,4-12H2,1H3,(H,19,21). The van der Waals surface area contributed by atoms with Gasteiger partial charge in [0.1, 0.15) is 11.5 Å². The molecule has 2 saturated heterocycles. The monoisotopic (exact) mass is 321 g/mol. The maximum Gasteiger partial charge on any atom is 0.223 e. The minimum Gasteiger partial charge on any atom is -0.465 e. The molecule has 0 aliphatic carbocycles. The fraction of sp³-hybridized carbons (Fsp3) is 0.706. The van der Waals surface area contributed by atoms with Crippen molar-refractivity contribution in [2.24, 2.45) is 5.92 Å². The van der Waals surface area contributed by atoms with Gasteiger partial charge < -0.3 is 19.8 Å². The Hall–Kier alpha value is -1.37. The van der Waals surface area contributed by atoms with Crippen molar-refractivity contribution in [2.75, 3.05) is 45.9 Å². The minimum atomic E-state index is 0.0817. The molecule has 6 nitrogen and oxygen atoms in total. The first-order valence-corrected chi connectivity index (χ1v) is 8.60. The number of ether oxygens (including phenoxy) is 1. The third-order valence-corrected chi connectivity index (χ3v) is 4.76. The first-order chi connectivity index (χ1) is 11.2. The van der Waals surface area contributed by atoms with Gasteiger partial charge in [0.25, 0.3) is 0 Å². The SMILES string of the molecule is Cc1ccc(C(CNC(=O)C2CCNCC2)N2CCOCC2)o1. The lowest BCUT2D eigenvalue weighted by molar-refractivity contribution is -0.126. The van der Waals surface area contributed by atoms with Gasteiger partial charge in [0.05, 0.1) is 19.3 Å². The number of rotatable bonds is 5. The topological polar surface area (TPSA) is 66.7 Å². The summed E-state index contributed by atoms with van der Waals surface area (Å²) >= 11 is 0. The van der Waals surface area contributed by atoms with Gasteiger partial charge in [-0.15, -0.1) is 0 Å². The molecule has 0 spiro atoms. The molecule has 0 saturated carbocycles. The molecule has 128 valence electrons. The highest BCUT2D eigenvalue weighted by Gasteiger charge is 2.27. The van der Waals surface area contributed by atoms with Crippen molar-refractivity contribution in [3.63, 3.8) is 0 Å². The van der Waals surface area contributed by atoms with Crippen LogP contribution in [0.3, 0.4) is 0 Å². The normalized spacial score (nSPS) is 22.0. The Kier molecular flexibility index (Phi) is 5.70. The molecule has 0 radical (unpaired) electrons. The van der Waals surface area contributed by atoms with Crippen LogP contribution in [-0.2, 0) is 9.53 Å². The van der Waals surface area contributed by atoms with Gasteiger partial charge in [-0.3, -0.25) is 9.69 Å². The molecule has 23 heavy (non-hydrogen) atoms. The van der Waals surface area contributed by atoms with Gasteiger partial charge in [-0.2, -0.15) is 0 Å². The van der Waals surface area contributed by atoms with Crippen molar-refractivity contribution in [3.05, 3.63) is 23.7 Å². The lowest BCUT2D eigenvalue weighted by Gasteiger charge is -2.34. The van der Waals surface area contributed by atoms with Gasteiger partial charge >= 0.3 is 0 Å². The molecule has 1 aromatic rings. The average molecular weight is 321 g/mol. The molecule has 1 atom stereocenters. The van der Waals surface area contributed by atoms with Crippen molar-refractivity contribution in [1.29, 1.82) is 0 Å². The van der Waals surface area contributed by atoms with E-state index in [0.717, 1.165) is 63.8 Å². The smallest absolute Gasteiger partial charge is 0.223 e. The number of aryl methyl sites for hydroxylation is 1. The van der Waals surface area contributed by atoms with E-state index in [1.54, 1.807) is 0 Å². The lowest BCUT2D eigenvalue weighted by Crippen LogP contribution is -2.45. The number of nitrogens with zero attached hydrogens (tertiary/aromatic N) is 1.